The van der Waals surface area contributed by atoms with Gasteiger partial charge in [-0.15, -0.1) is 0 Å². The summed E-state index contributed by atoms with van der Waals surface area (Å²) in [6.07, 6.45) is 46.8. The maximum absolute atomic E-state index is 12.9. The van der Waals surface area contributed by atoms with Gasteiger partial charge < -0.3 is 14.8 Å². The molecular weight excluding hydrogens is 647 g/mol. The first-order chi connectivity index (χ1) is 25.4. The van der Waals surface area contributed by atoms with Gasteiger partial charge in [0, 0.05) is 20.3 Å². The minimum Gasteiger partial charge on any atom is -0.464 e. The van der Waals surface area contributed by atoms with Crippen molar-refractivity contribution in [2.24, 2.45) is 0 Å². The largest absolute Gasteiger partial charge is 0.464 e. The minimum atomic E-state index is -0.673. The zero-order valence-corrected chi connectivity index (χ0v) is 35.1. The molecule has 0 saturated carbocycles. The lowest BCUT2D eigenvalue weighted by molar-refractivity contribution is -0.149. The van der Waals surface area contributed by atoms with Crippen LogP contribution in [0.15, 0.2) is 12.2 Å². The van der Waals surface area contributed by atoms with Crippen molar-refractivity contribution < 1.29 is 23.9 Å². The van der Waals surface area contributed by atoms with Gasteiger partial charge in [0.2, 0.25) is 5.91 Å². The Morgan fingerprint density at radius 2 is 0.827 bits per heavy atom. The molecule has 0 radical (unpaired) electrons. The monoisotopic (exact) mass is 734 g/mol. The summed E-state index contributed by atoms with van der Waals surface area (Å²) in [6, 6.07) is -0.608. The standard InChI is InChI=1S/C46H87NO5/c1-5-7-9-11-13-15-17-19-20-21-22-23-24-25-26-28-30-32-34-36-38-40-46(50)47-44(41-51-42(3)48)45(52-43(4)49)39-37-35-33-31-29-27-18-16-14-12-10-8-6-2/h37,39,44-45H,5-36,38,40-41H2,1-4H3,(H,47,50)/t44-,45-/m0/s1. The molecule has 0 aliphatic rings. The van der Waals surface area contributed by atoms with Gasteiger partial charge in [-0.2, -0.15) is 0 Å². The summed E-state index contributed by atoms with van der Waals surface area (Å²) in [5.74, 6) is -0.934. The van der Waals surface area contributed by atoms with E-state index in [2.05, 4.69) is 19.2 Å². The Bertz CT molecular complexity index is 828. The first kappa shape index (κ1) is 50.1. The molecule has 52 heavy (non-hydrogen) atoms. The molecule has 6 nitrogen and oxygen atoms in total. The highest BCUT2D eigenvalue weighted by Crippen LogP contribution is 2.16. The fourth-order valence-corrected chi connectivity index (χ4v) is 7.03. The van der Waals surface area contributed by atoms with E-state index in [0.29, 0.717) is 6.42 Å². The Hall–Kier alpha value is -1.85. The molecule has 0 aromatic heterocycles. The van der Waals surface area contributed by atoms with E-state index >= 15 is 0 Å². The molecule has 2 atom stereocenters. The summed E-state index contributed by atoms with van der Waals surface area (Å²) in [5.41, 5.74) is 0. The van der Waals surface area contributed by atoms with Gasteiger partial charge in [-0.05, 0) is 25.3 Å². The average Bonchev–Trinajstić information content (AvgIpc) is 3.12. The van der Waals surface area contributed by atoms with Crippen LogP contribution in [0.1, 0.15) is 246 Å². The lowest BCUT2D eigenvalue weighted by Gasteiger charge is -2.25. The molecule has 0 bridgehead atoms. The van der Waals surface area contributed by atoms with Crippen molar-refractivity contribution in [3.63, 3.8) is 0 Å². The van der Waals surface area contributed by atoms with Gasteiger partial charge in [0.1, 0.15) is 18.8 Å². The van der Waals surface area contributed by atoms with Gasteiger partial charge in [0.05, 0.1) is 0 Å². The second-order valence-electron chi connectivity index (χ2n) is 15.6. The number of hydrogen-bond acceptors (Lipinski definition) is 5. The lowest BCUT2D eigenvalue weighted by atomic mass is 10.0. The molecule has 1 amide bonds. The van der Waals surface area contributed by atoms with Gasteiger partial charge >= 0.3 is 11.9 Å². The number of allylic oxidation sites excluding steroid dienone is 1. The normalized spacial score (nSPS) is 12.6. The van der Waals surface area contributed by atoms with Crippen LogP contribution in [0.2, 0.25) is 0 Å². The number of rotatable bonds is 40. The smallest absolute Gasteiger partial charge is 0.303 e. The number of esters is 2. The van der Waals surface area contributed by atoms with Crippen molar-refractivity contribution in [2.45, 2.75) is 258 Å². The van der Waals surface area contributed by atoms with E-state index in [4.69, 9.17) is 9.47 Å². The van der Waals surface area contributed by atoms with Crippen LogP contribution in [0.3, 0.4) is 0 Å². The van der Waals surface area contributed by atoms with Gasteiger partial charge in [0.25, 0.3) is 0 Å². The number of hydrogen-bond donors (Lipinski definition) is 1. The maximum Gasteiger partial charge on any atom is 0.303 e. The van der Waals surface area contributed by atoms with Crippen molar-refractivity contribution >= 4 is 17.8 Å². The molecule has 1 N–H and O–H groups in total. The summed E-state index contributed by atoms with van der Waals surface area (Å²) >= 11 is 0. The third-order valence-electron chi connectivity index (χ3n) is 10.3. The van der Waals surface area contributed by atoms with Crippen LogP contribution in [0.4, 0.5) is 0 Å². The number of amides is 1. The van der Waals surface area contributed by atoms with Crippen molar-refractivity contribution in [3.8, 4) is 0 Å². The topological polar surface area (TPSA) is 81.7 Å². The first-order valence-corrected chi connectivity index (χ1v) is 22.7. The molecule has 0 aromatic rings. The molecule has 0 unspecified atom stereocenters. The van der Waals surface area contributed by atoms with Crippen molar-refractivity contribution in [2.75, 3.05) is 6.61 Å². The second kappa shape index (κ2) is 40.3. The molecule has 0 heterocycles. The van der Waals surface area contributed by atoms with Crippen LogP contribution in [0.25, 0.3) is 0 Å². The number of carbonyl (C=O) groups excluding carboxylic acids is 3. The molecule has 0 rings (SSSR count). The SMILES string of the molecule is CCCCCCCCCCCCCC=C[C@H](OC(C)=O)[C@H](COC(C)=O)NC(=O)CCCCCCCCCCCCCCCCCCCCCCC. The Kier molecular flexibility index (Phi) is 38.9. The number of ether oxygens (including phenoxy) is 2. The van der Waals surface area contributed by atoms with Gasteiger partial charge in [0.15, 0.2) is 0 Å². The van der Waals surface area contributed by atoms with E-state index in [1.54, 1.807) is 0 Å². The van der Waals surface area contributed by atoms with E-state index in [-0.39, 0.29) is 12.5 Å². The highest BCUT2D eigenvalue weighted by molar-refractivity contribution is 5.76. The maximum atomic E-state index is 12.9. The third kappa shape index (κ3) is 37.9. The molecular formula is C46H87NO5. The van der Waals surface area contributed by atoms with E-state index in [1.807, 2.05) is 12.2 Å². The molecule has 0 saturated heterocycles. The van der Waals surface area contributed by atoms with Crippen molar-refractivity contribution in [1.82, 2.24) is 5.32 Å². The summed E-state index contributed by atoms with van der Waals surface area (Å²) in [6.45, 7) is 7.24. The van der Waals surface area contributed by atoms with E-state index in [9.17, 15) is 14.4 Å². The zero-order valence-electron chi connectivity index (χ0n) is 35.1. The fraction of sp³-hybridized carbons (Fsp3) is 0.891. The van der Waals surface area contributed by atoms with E-state index in [0.717, 1.165) is 32.1 Å². The molecule has 6 heteroatoms. The minimum absolute atomic E-state index is 0.0267. The van der Waals surface area contributed by atoms with Crippen LogP contribution in [0.5, 0.6) is 0 Å². The molecule has 0 fully saturated rings. The molecule has 0 aliphatic carbocycles. The van der Waals surface area contributed by atoms with Gasteiger partial charge in [-0.1, -0.05) is 213 Å². The third-order valence-corrected chi connectivity index (χ3v) is 10.3. The quantitative estimate of drug-likeness (QED) is 0.0385. The molecule has 0 aromatic carbocycles. The van der Waals surface area contributed by atoms with Crippen LogP contribution < -0.4 is 5.32 Å². The van der Waals surface area contributed by atoms with Crippen molar-refractivity contribution in [1.29, 1.82) is 0 Å². The highest BCUT2D eigenvalue weighted by atomic mass is 16.6. The number of carbonyl (C=O) groups is 3. The first-order valence-electron chi connectivity index (χ1n) is 22.7. The van der Waals surface area contributed by atoms with Gasteiger partial charge in [-0.3, -0.25) is 14.4 Å². The number of unbranched alkanes of at least 4 members (excludes halogenated alkanes) is 31. The predicted octanol–water partition coefficient (Wildman–Crippen LogP) is 13.8. The Morgan fingerprint density at radius 1 is 0.481 bits per heavy atom. The predicted molar refractivity (Wildman–Crippen MR) is 222 cm³/mol. The van der Waals surface area contributed by atoms with Crippen molar-refractivity contribution in [3.05, 3.63) is 12.2 Å². The summed E-state index contributed by atoms with van der Waals surface area (Å²) < 4.78 is 10.8. The van der Waals surface area contributed by atoms with Gasteiger partial charge in [-0.25, -0.2) is 0 Å². The zero-order chi connectivity index (χ0) is 38.2. The summed E-state index contributed by atoms with van der Waals surface area (Å²) in [4.78, 5) is 36.4. The Balaban J connectivity index is 4.08. The van der Waals surface area contributed by atoms with Crippen LogP contribution in [-0.2, 0) is 23.9 Å². The van der Waals surface area contributed by atoms with Crippen LogP contribution >= 0.6 is 0 Å². The van der Waals surface area contributed by atoms with Crippen LogP contribution in [-0.4, -0.2) is 36.6 Å². The Morgan fingerprint density at radius 3 is 1.17 bits per heavy atom. The van der Waals surface area contributed by atoms with E-state index < -0.39 is 24.1 Å². The van der Waals surface area contributed by atoms with Crippen LogP contribution in [0, 0.1) is 0 Å². The fourth-order valence-electron chi connectivity index (χ4n) is 7.03. The average molecular weight is 734 g/mol. The Labute approximate surface area is 323 Å². The molecule has 0 spiro atoms. The summed E-state index contributed by atoms with van der Waals surface area (Å²) in [7, 11) is 0. The number of nitrogens with one attached hydrogen (secondary N) is 1. The molecule has 306 valence electrons. The summed E-state index contributed by atoms with van der Waals surface area (Å²) in [5, 5.41) is 2.99. The highest BCUT2D eigenvalue weighted by Gasteiger charge is 2.25. The second-order valence-corrected chi connectivity index (χ2v) is 15.6. The lowest BCUT2D eigenvalue weighted by Crippen LogP contribution is -2.47. The van der Waals surface area contributed by atoms with E-state index in [1.165, 1.54) is 194 Å². The molecule has 0 aliphatic heterocycles.